The highest BCUT2D eigenvalue weighted by atomic mass is 16.5. The molecule has 0 amide bonds. The zero-order chi connectivity index (χ0) is 11.4. The smallest absolute Gasteiger partial charge is 0.202 e. The SMILES string of the molecule is COc1cccc(C(CN)c2ncco2)c1. The van der Waals surface area contributed by atoms with Gasteiger partial charge >= 0.3 is 0 Å². The lowest BCUT2D eigenvalue weighted by atomic mass is 9.99. The molecule has 1 aromatic heterocycles. The lowest BCUT2D eigenvalue weighted by Crippen LogP contribution is -2.14. The first-order valence-electron chi connectivity index (χ1n) is 5.08. The van der Waals surface area contributed by atoms with E-state index in [0.29, 0.717) is 12.4 Å². The fraction of sp³-hybridized carbons (Fsp3) is 0.250. The van der Waals surface area contributed by atoms with Gasteiger partial charge in [0.1, 0.15) is 12.0 Å². The topological polar surface area (TPSA) is 61.3 Å². The first kappa shape index (κ1) is 10.7. The first-order chi connectivity index (χ1) is 7.85. The summed E-state index contributed by atoms with van der Waals surface area (Å²) in [5.74, 6) is 1.42. The van der Waals surface area contributed by atoms with E-state index in [1.165, 1.54) is 0 Å². The van der Waals surface area contributed by atoms with E-state index in [2.05, 4.69) is 4.98 Å². The second-order valence-electron chi connectivity index (χ2n) is 3.44. The predicted octanol–water partition coefficient (Wildman–Crippen LogP) is 1.77. The molecule has 0 bridgehead atoms. The number of hydrogen-bond acceptors (Lipinski definition) is 4. The van der Waals surface area contributed by atoms with Gasteiger partial charge in [-0.1, -0.05) is 12.1 Å². The number of nitrogens with zero attached hydrogens (tertiary/aromatic N) is 1. The molecule has 0 radical (unpaired) electrons. The van der Waals surface area contributed by atoms with Gasteiger partial charge in [-0.15, -0.1) is 0 Å². The van der Waals surface area contributed by atoms with Gasteiger partial charge in [-0.3, -0.25) is 0 Å². The Balaban J connectivity index is 2.33. The lowest BCUT2D eigenvalue weighted by molar-refractivity contribution is 0.413. The fourth-order valence-corrected chi connectivity index (χ4v) is 1.64. The number of hydrogen-bond donors (Lipinski definition) is 1. The Labute approximate surface area is 94.1 Å². The zero-order valence-corrected chi connectivity index (χ0v) is 9.09. The van der Waals surface area contributed by atoms with Crippen molar-refractivity contribution in [3.05, 3.63) is 48.2 Å². The van der Waals surface area contributed by atoms with Crippen LogP contribution in [0.2, 0.25) is 0 Å². The summed E-state index contributed by atoms with van der Waals surface area (Å²) in [7, 11) is 1.64. The van der Waals surface area contributed by atoms with Crippen molar-refractivity contribution in [1.29, 1.82) is 0 Å². The molecule has 0 fully saturated rings. The molecule has 1 unspecified atom stereocenters. The van der Waals surface area contributed by atoms with Gasteiger partial charge < -0.3 is 14.9 Å². The van der Waals surface area contributed by atoms with Crippen LogP contribution in [0.4, 0.5) is 0 Å². The van der Waals surface area contributed by atoms with Crippen molar-refractivity contribution in [2.45, 2.75) is 5.92 Å². The van der Waals surface area contributed by atoms with Crippen LogP contribution in [0.5, 0.6) is 5.75 Å². The molecule has 1 aromatic carbocycles. The fourth-order valence-electron chi connectivity index (χ4n) is 1.64. The summed E-state index contributed by atoms with van der Waals surface area (Å²) in [4.78, 5) is 4.13. The molecular weight excluding hydrogens is 204 g/mol. The number of nitrogens with two attached hydrogens (primary N) is 1. The number of rotatable bonds is 4. The van der Waals surface area contributed by atoms with E-state index in [-0.39, 0.29) is 5.92 Å². The van der Waals surface area contributed by atoms with Crippen LogP contribution in [-0.4, -0.2) is 18.6 Å². The van der Waals surface area contributed by atoms with Gasteiger partial charge in [-0.2, -0.15) is 0 Å². The maximum Gasteiger partial charge on any atom is 0.202 e. The second kappa shape index (κ2) is 4.81. The normalized spacial score (nSPS) is 12.4. The van der Waals surface area contributed by atoms with Crippen LogP contribution in [-0.2, 0) is 0 Å². The van der Waals surface area contributed by atoms with E-state index in [1.807, 2.05) is 24.3 Å². The molecule has 0 aliphatic carbocycles. The van der Waals surface area contributed by atoms with Crippen LogP contribution >= 0.6 is 0 Å². The lowest BCUT2D eigenvalue weighted by Gasteiger charge is -2.12. The van der Waals surface area contributed by atoms with Crippen molar-refractivity contribution in [2.24, 2.45) is 5.73 Å². The third-order valence-electron chi connectivity index (χ3n) is 2.48. The van der Waals surface area contributed by atoms with Crippen LogP contribution in [0.3, 0.4) is 0 Å². The van der Waals surface area contributed by atoms with Gasteiger partial charge in [0.25, 0.3) is 0 Å². The van der Waals surface area contributed by atoms with E-state index in [1.54, 1.807) is 19.6 Å². The molecule has 0 aliphatic rings. The largest absolute Gasteiger partial charge is 0.497 e. The molecule has 0 saturated carbocycles. The van der Waals surface area contributed by atoms with Crippen LogP contribution in [0.1, 0.15) is 17.4 Å². The molecule has 0 spiro atoms. The summed E-state index contributed by atoms with van der Waals surface area (Å²) in [5.41, 5.74) is 6.79. The van der Waals surface area contributed by atoms with Crippen molar-refractivity contribution in [1.82, 2.24) is 4.98 Å². The maximum atomic E-state index is 5.75. The van der Waals surface area contributed by atoms with Crippen molar-refractivity contribution in [3.8, 4) is 5.75 Å². The number of oxazole rings is 1. The van der Waals surface area contributed by atoms with Gasteiger partial charge in [0.2, 0.25) is 5.89 Å². The molecule has 84 valence electrons. The monoisotopic (exact) mass is 218 g/mol. The molecule has 2 aromatic rings. The van der Waals surface area contributed by atoms with E-state index in [9.17, 15) is 0 Å². The Morgan fingerprint density at radius 3 is 3.00 bits per heavy atom. The van der Waals surface area contributed by atoms with Crippen molar-refractivity contribution >= 4 is 0 Å². The van der Waals surface area contributed by atoms with Crippen LogP contribution in [0.25, 0.3) is 0 Å². The predicted molar refractivity (Wildman–Crippen MR) is 60.4 cm³/mol. The number of aromatic nitrogens is 1. The number of methoxy groups -OCH3 is 1. The Bertz CT molecular complexity index is 440. The van der Waals surface area contributed by atoms with Crippen molar-refractivity contribution in [3.63, 3.8) is 0 Å². The maximum absolute atomic E-state index is 5.75. The minimum Gasteiger partial charge on any atom is -0.497 e. The van der Waals surface area contributed by atoms with E-state index < -0.39 is 0 Å². The van der Waals surface area contributed by atoms with E-state index in [0.717, 1.165) is 11.3 Å². The highest BCUT2D eigenvalue weighted by Crippen LogP contribution is 2.25. The summed E-state index contributed by atoms with van der Waals surface area (Å²) in [5, 5.41) is 0. The van der Waals surface area contributed by atoms with Gasteiger partial charge in [0.05, 0.1) is 19.2 Å². The molecule has 0 saturated heterocycles. The summed E-state index contributed by atoms with van der Waals surface area (Å²) in [6.07, 6.45) is 3.18. The Kier molecular flexibility index (Phi) is 3.22. The minimum atomic E-state index is -0.0231. The standard InChI is InChI=1S/C12H14N2O2/c1-15-10-4-2-3-9(7-10)11(8-13)12-14-5-6-16-12/h2-7,11H,8,13H2,1H3. The molecule has 2 rings (SSSR count). The summed E-state index contributed by atoms with van der Waals surface area (Å²) >= 11 is 0. The van der Waals surface area contributed by atoms with Crippen LogP contribution < -0.4 is 10.5 Å². The third-order valence-corrected chi connectivity index (χ3v) is 2.48. The molecule has 4 heteroatoms. The van der Waals surface area contributed by atoms with E-state index in [4.69, 9.17) is 14.9 Å². The average molecular weight is 218 g/mol. The van der Waals surface area contributed by atoms with Gasteiger partial charge in [0, 0.05) is 6.54 Å². The molecule has 4 nitrogen and oxygen atoms in total. The van der Waals surface area contributed by atoms with Crippen LogP contribution in [0.15, 0.2) is 41.1 Å². The molecule has 16 heavy (non-hydrogen) atoms. The van der Waals surface area contributed by atoms with Gasteiger partial charge in [0.15, 0.2) is 0 Å². The van der Waals surface area contributed by atoms with Gasteiger partial charge in [-0.05, 0) is 17.7 Å². The second-order valence-corrected chi connectivity index (χ2v) is 3.44. The molecular formula is C12H14N2O2. The summed E-state index contributed by atoms with van der Waals surface area (Å²) in [6.45, 7) is 0.452. The summed E-state index contributed by atoms with van der Waals surface area (Å²) < 4.78 is 10.5. The Hall–Kier alpha value is -1.81. The van der Waals surface area contributed by atoms with Crippen molar-refractivity contribution in [2.75, 3.05) is 13.7 Å². The summed E-state index contributed by atoms with van der Waals surface area (Å²) in [6, 6.07) is 7.76. The Morgan fingerprint density at radius 1 is 1.50 bits per heavy atom. The quantitative estimate of drug-likeness (QED) is 0.849. The highest BCUT2D eigenvalue weighted by molar-refractivity contribution is 5.33. The molecule has 1 heterocycles. The molecule has 1 atom stereocenters. The first-order valence-corrected chi connectivity index (χ1v) is 5.08. The third kappa shape index (κ3) is 2.06. The van der Waals surface area contributed by atoms with Crippen molar-refractivity contribution < 1.29 is 9.15 Å². The Morgan fingerprint density at radius 2 is 2.38 bits per heavy atom. The number of benzene rings is 1. The molecule has 0 aliphatic heterocycles. The highest BCUT2D eigenvalue weighted by Gasteiger charge is 2.16. The molecule has 2 N–H and O–H groups in total. The van der Waals surface area contributed by atoms with Gasteiger partial charge in [-0.25, -0.2) is 4.98 Å². The zero-order valence-electron chi connectivity index (χ0n) is 9.09. The van der Waals surface area contributed by atoms with E-state index >= 15 is 0 Å². The number of ether oxygens (including phenoxy) is 1. The minimum absolute atomic E-state index is 0.0231. The average Bonchev–Trinajstić information content (AvgIpc) is 2.84. The van der Waals surface area contributed by atoms with Crippen LogP contribution in [0, 0.1) is 0 Å².